The highest BCUT2D eigenvalue weighted by Gasteiger charge is 2.28. The molecular weight excluding hydrogens is 673 g/mol. The maximum Gasteiger partial charge on any atom is 0.472 e. The van der Waals surface area contributed by atoms with Gasteiger partial charge in [0, 0.05) is 12.8 Å². The number of carboxylic acids is 1. The van der Waals surface area contributed by atoms with Crippen LogP contribution >= 0.6 is 7.82 Å². The smallest absolute Gasteiger partial charge is 0.472 e. The second-order valence-corrected chi connectivity index (χ2v) is 14.2. The van der Waals surface area contributed by atoms with E-state index in [1.165, 1.54) is 19.3 Å². The van der Waals surface area contributed by atoms with Crippen LogP contribution in [0.2, 0.25) is 0 Å². The lowest BCUT2D eigenvalue weighted by atomic mass is 10.1. The number of carboxylic acid groups (broad SMARTS) is 1. The summed E-state index contributed by atoms with van der Waals surface area (Å²) >= 11 is 0. The van der Waals surface area contributed by atoms with Crippen LogP contribution in [0.25, 0.3) is 0 Å². The summed E-state index contributed by atoms with van der Waals surface area (Å²) in [6.07, 6.45) is 35.7. The zero-order valence-corrected chi connectivity index (χ0v) is 32.3. The van der Waals surface area contributed by atoms with Crippen LogP contribution in [0.1, 0.15) is 149 Å². The predicted octanol–water partition coefficient (Wildman–Crippen LogP) is 9.05. The van der Waals surface area contributed by atoms with Crippen molar-refractivity contribution in [1.82, 2.24) is 5.32 Å². The van der Waals surface area contributed by atoms with E-state index < -0.39 is 57.6 Å². The first-order chi connectivity index (χ1) is 24.6. The van der Waals surface area contributed by atoms with Crippen molar-refractivity contribution in [2.24, 2.45) is 0 Å². The molecule has 0 aromatic carbocycles. The van der Waals surface area contributed by atoms with Gasteiger partial charge in [0.25, 0.3) is 0 Å². The Hall–Kier alpha value is -2.56. The molecule has 0 aromatic heterocycles. The van der Waals surface area contributed by atoms with Gasteiger partial charge < -0.3 is 25.2 Å². The lowest BCUT2D eigenvalue weighted by Crippen LogP contribution is -2.43. The number of esters is 1. The second kappa shape index (κ2) is 34.5. The Bertz CT molecular complexity index is 1060. The topological polar surface area (TPSA) is 169 Å². The highest BCUT2D eigenvalue weighted by molar-refractivity contribution is 7.47. The average Bonchev–Trinajstić information content (AvgIpc) is 3.10. The predicted molar refractivity (Wildman–Crippen MR) is 203 cm³/mol. The number of aliphatic hydroxyl groups is 1. The Balaban J connectivity index is 4.00. The number of phosphoric acid groups is 1. The van der Waals surface area contributed by atoms with E-state index in [4.69, 9.17) is 13.8 Å². The Labute approximate surface area is 307 Å². The summed E-state index contributed by atoms with van der Waals surface area (Å²) in [7, 11) is -4.76. The zero-order valence-electron chi connectivity index (χ0n) is 31.4. The molecule has 0 aliphatic carbocycles. The minimum atomic E-state index is -4.76. The number of ether oxygens (including phenoxy) is 1. The third-order valence-electron chi connectivity index (χ3n) is 7.85. The van der Waals surface area contributed by atoms with E-state index in [0.717, 1.165) is 89.9 Å². The van der Waals surface area contributed by atoms with Crippen LogP contribution < -0.4 is 5.32 Å². The fraction of sp³-hybridized carbons (Fsp3) is 0.718. The van der Waals surface area contributed by atoms with Crippen LogP contribution in [0.4, 0.5) is 0 Å². The molecule has 0 radical (unpaired) electrons. The molecule has 0 fully saturated rings. The summed E-state index contributed by atoms with van der Waals surface area (Å²) in [5, 5.41) is 21.7. The van der Waals surface area contributed by atoms with Gasteiger partial charge in [0.15, 0.2) is 6.04 Å². The van der Waals surface area contributed by atoms with Crippen molar-refractivity contribution in [2.75, 3.05) is 19.8 Å². The van der Waals surface area contributed by atoms with E-state index in [-0.39, 0.29) is 12.8 Å². The Morgan fingerprint density at radius 2 is 1.14 bits per heavy atom. The number of carbonyl (C=O) groups excluding carboxylic acids is 2. The second-order valence-electron chi connectivity index (χ2n) is 12.7. The van der Waals surface area contributed by atoms with Gasteiger partial charge in [0.1, 0.15) is 12.7 Å². The maximum atomic E-state index is 12.2. The fourth-order valence-corrected chi connectivity index (χ4v) is 5.62. The lowest BCUT2D eigenvalue weighted by Gasteiger charge is -2.18. The van der Waals surface area contributed by atoms with Gasteiger partial charge in [-0.2, -0.15) is 0 Å². The average molecular weight is 742 g/mol. The fourth-order valence-electron chi connectivity index (χ4n) is 4.85. The van der Waals surface area contributed by atoms with Crippen LogP contribution in [-0.2, 0) is 32.7 Å². The Morgan fingerprint density at radius 1 is 0.647 bits per heavy atom. The van der Waals surface area contributed by atoms with Gasteiger partial charge in [0.2, 0.25) is 5.91 Å². The SMILES string of the molecule is CC/C=C\C/C=C\C/C=C\CCCCCCCC(=O)OCC(O)COP(=O)(O)OCC(NC(=O)CCCCCCC/C=C\CCCCC)C(=O)O. The number of allylic oxidation sites excluding steroid dienone is 8. The van der Waals surface area contributed by atoms with Crippen molar-refractivity contribution in [3.63, 3.8) is 0 Å². The largest absolute Gasteiger partial charge is 0.480 e. The van der Waals surface area contributed by atoms with Crippen LogP contribution in [-0.4, -0.2) is 64.9 Å². The molecule has 4 N–H and O–H groups in total. The van der Waals surface area contributed by atoms with Crippen LogP contribution in [0, 0.1) is 0 Å². The zero-order chi connectivity index (χ0) is 37.8. The van der Waals surface area contributed by atoms with Crippen molar-refractivity contribution >= 4 is 25.7 Å². The first-order valence-corrected chi connectivity index (χ1v) is 20.7. The number of unbranched alkanes of at least 4 members (excludes halogenated alkanes) is 13. The van der Waals surface area contributed by atoms with Gasteiger partial charge in [-0.15, -0.1) is 0 Å². The summed E-state index contributed by atoms with van der Waals surface area (Å²) in [4.78, 5) is 45.7. The minimum absolute atomic E-state index is 0.132. The quantitative estimate of drug-likeness (QED) is 0.0213. The molecule has 51 heavy (non-hydrogen) atoms. The van der Waals surface area contributed by atoms with Crippen LogP contribution in [0.5, 0.6) is 0 Å². The molecule has 0 heterocycles. The molecule has 3 unspecified atom stereocenters. The molecule has 3 atom stereocenters. The molecule has 1 amide bonds. The molecule has 0 aliphatic rings. The molecule has 0 saturated carbocycles. The highest BCUT2D eigenvalue weighted by atomic mass is 31.2. The molecular formula is C39H68NO10P. The van der Waals surface area contributed by atoms with E-state index >= 15 is 0 Å². The van der Waals surface area contributed by atoms with Gasteiger partial charge in [-0.05, 0) is 70.6 Å². The number of hydrogen-bond acceptors (Lipinski definition) is 8. The third-order valence-corrected chi connectivity index (χ3v) is 8.80. The molecule has 0 aliphatic heterocycles. The molecule has 294 valence electrons. The van der Waals surface area contributed by atoms with Gasteiger partial charge in [-0.25, -0.2) is 9.36 Å². The van der Waals surface area contributed by atoms with Crippen molar-refractivity contribution < 1.29 is 47.8 Å². The first-order valence-electron chi connectivity index (χ1n) is 19.2. The number of hydrogen-bond donors (Lipinski definition) is 4. The van der Waals surface area contributed by atoms with Gasteiger partial charge in [-0.3, -0.25) is 18.6 Å². The number of carbonyl (C=O) groups is 3. The summed E-state index contributed by atoms with van der Waals surface area (Å²) in [6.45, 7) is 2.40. The number of aliphatic carboxylic acids is 1. The van der Waals surface area contributed by atoms with Crippen molar-refractivity contribution in [1.29, 1.82) is 0 Å². The van der Waals surface area contributed by atoms with Crippen molar-refractivity contribution in [3.05, 3.63) is 48.6 Å². The number of phosphoric ester groups is 1. The van der Waals surface area contributed by atoms with Gasteiger partial charge in [0.05, 0.1) is 13.2 Å². The number of aliphatic hydroxyl groups excluding tert-OH is 1. The molecule has 0 rings (SSSR count). The summed E-state index contributed by atoms with van der Waals surface area (Å²) in [5.41, 5.74) is 0. The standard InChI is InChI=1S/C39H68NO10P/c1-3-5-7-9-11-13-15-17-18-19-21-23-25-27-29-31-38(43)48-32-35(41)33-49-51(46,47)50-34-36(39(44)45)40-37(42)30-28-26-24-22-20-16-14-12-10-8-6-4-2/h5,7,11-14,17-18,35-36,41H,3-4,6,8-10,15-16,19-34H2,1-2H3,(H,40,42)(H,44,45)(H,46,47)/b7-5-,13-11-,14-12-,18-17-. The molecule has 11 nitrogen and oxygen atoms in total. The Morgan fingerprint density at radius 3 is 1.73 bits per heavy atom. The molecule has 12 heteroatoms. The first kappa shape index (κ1) is 48.4. The van der Waals surface area contributed by atoms with Crippen molar-refractivity contribution in [2.45, 2.75) is 161 Å². The maximum absolute atomic E-state index is 12.2. The van der Waals surface area contributed by atoms with Crippen LogP contribution in [0.3, 0.4) is 0 Å². The summed E-state index contributed by atoms with van der Waals surface area (Å²) < 4.78 is 26.7. The number of amides is 1. The van der Waals surface area contributed by atoms with E-state index in [1.54, 1.807) is 0 Å². The molecule has 0 saturated heterocycles. The monoisotopic (exact) mass is 741 g/mol. The normalized spacial score (nSPS) is 14.4. The van der Waals surface area contributed by atoms with Crippen LogP contribution in [0.15, 0.2) is 48.6 Å². The minimum Gasteiger partial charge on any atom is -0.480 e. The number of rotatable bonds is 35. The highest BCUT2D eigenvalue weighted by Crippen LogP contribution is 2.43. The van der Waals surface area contributed by atoms with Gasteiger partial charge in [-0.1, -0.05) is 114 Å². The molecule has 0 aromatic rings. The van der Waals surface area contributed by atoms with E-state index in [9.17, 15) is 34.1 Å². The Kier molecular flexibility index (Phi) is 32.8. The van der Waals surface area contributed by atoms with E-state index in [0.29, 0.717) is 12.8 Å². The third kappa shape index (κ3) is 34.3. The van der Waals surface area contributed by atoms with Gasteiger partial charge >= 0.3 is 19.8 Å². The molecule has 0 spiro atoms. The number of nitrogens with one attached hydrogen (secondary N) is 1. The van der Waals surface area contributed by atoms with E-state index in [2.05, 4.69) is 67.8 Å². The summed E-state index contributed by atoms with van der Waals surface area (Å²) in [6, 6.07) is -1.55. The van der Waals surface area contributed by atoms with Crippen molar-refractivity contribution in [3.8, 4) is 0 Å². The summed E-state index contributed by atoms with van der Waals surface area (Å²) in [5.74, 6) is -2.41. The lowest BCUT2D eigenvalue weighted by molar-refractivity contribution is -0.147. The van der Waals surface area contributed by atoms with E-state index in [1.807, 2.05) is 0 Å². The molecule has 0 bridgehead atoms.